The van der Waals surface area contributed by atoms with Gasteiger partial charge in [0.05, 0.1) is 19.8 Å². The summed E-state index contributed by atoms with van der Waals surface area (Å²) in [4.78, 5) is 24.0. The van der Waals surface area contributed by atoms with Crippen LogP contribution in [-0.2, 0) is 19.0 Å². The molecule has 1 saturated carbocycles. The fourth-order valence-electron chi connectivity index (χ4n) is 2.78. The molecular formula is C17H32N2O5. The van der Waals surface area contributed by atoms with Crippen molar-refractivity contribution in [3.63, 3.8) is 0 Å². The second-order valence-electron chi connectivity index (χ2n) is 7.08. The highest BCUT2D eigenvalue weighted by Gasteiger charge is 2.33. The average Bonchev–Trinajstić information content (AvgIpc) is 2.95. The van der Waals surface area contributed by atoms with E-state index < -0.39 is 11.7 Å². The number of carbonyl (C=O) groups is 2. The minimum absolute atomic E-state index is 0.0406. The molecular weight excluding hydrogens is 312 g/mol. The van der Waals surface area contributed by atoms with Gasteiger partial charge >= 0.3 is 6.09 Å². The van der Waals surface area contributed by atoms with Gasteiger partial charge in [-0.25, -0.2) is 4.79 Å². The zero-order chi connectivity index (χ0) is 18.0. The lowest BCUT2D eigenvalue weighted by atomic mass is 9.95. The first-order chi connectivity index (χ1) is 11.3. The summed E-state index contributed by atoms with van der Waals surface area (Å²) in [5, 5.41) is 5.69. The fraction of sp³-hybridized carbons (Fsp3) is 0.882. The molecule has 0 radical (unpaired) electrons. The molecule has 1 aliphatic rings. The van der Waals surface area contributed by atoms with E-state index in [1.807, 2.05) is 20.8 Å². The summed E-state index contributed by atoms with van der Waals surface area (Å²) < 4.78 is 15.4. The topological polar surface area (TPSA) is 85.9 Å². The molecule has 0 saturated heterocycles. The monoisotopic (exact) mass is 344 g/mol. The summed E-state index contributed by atoms with van der Waals surface area (Å²) in [5.74, 6) is 0.143. The van der Waals surface area contributed by atoms with E-state index in [0.717, 1.165) is 19.3 Å². The number of hydrogen-bond acceptors (Lipinski definition) is 5. The minimum Gasteiger partial charge on any atom is -0.444 e. The first-order valence-electron chi connectivity index (χ1n) is 8.64. The summed E-state index contributed by atoms with van der Waals surface area (Å²) in [6.45, 7) is 7.99. The Balaban J connectivity index is 2.26. The van der Waals surface area contributed by atoms with Crippen molar-refractivity contribution >= 4 is 12.0 Å². The second-order valence-corrected chi connectivity index (χ2v) is 7.08. The average molecular weight is 344 g/mol. The van der Waals surface area contributed by atoms with Crippen LogP contribution in [0.5, 0.6) is 0 Å². The Labute approximate surface area is 144 Å². The standard InChI is InChI=1S/C17H32N2O5/c1-17(2,3)24-16(21)19-12-13-6-5-7-14(13)15(20)18-8-9-23-11-10-22-4/h13-14H,5-12H2,1-4H3,(H,18,20)(H,19,21)/t13-,14-/m1/s1. The molecule has 0 aromatic rings. The Bertz CT molecular complexity index is 395. The predicted molar refractivity (Wildman–Crippen MR) is 90.8 cm³/mol. The molecule has 2 atom stereocenters. The van der Waals surface area contributed by atoms with Gasteiger partial charge in [0.2, 0.25) is 5.91 Å². The molecule has 2 N–H and O–H groups in total. The van der Waals surface area contributed by atoms with Crippen molar-refractivity contribution in [2.75, 3.05) is 40.0 Å². The van der Waals surface area contributed by atoms with E-state index in [1.165, 1.54) is 0 Å². The van der Waals surface area contributed by atoms with Gasteiger partial charge in [0, 0.05) is 26.1 Å². The molecule has 0 aliphatic heterocycles. The van der Waals surface area contributed by atoms with Crippen LogP contribution in [0.3, 0.4) is 0 Å². The van der Waals surface area contributed by atoms with Gasteiger partial charge in [-0.05, 0) is 39.5 Å². The van der Waals surface area contributed by atoms with Crippen molar-refractivity contribution in [1.82, 2.24) is 10.6 Å². The van der Waals surface area contributed by atoms with Crippen molar-refractivity contribution in [3.05, 3.63) is 0 Å². The van der Waals surface area contributed by atoms with Crippen LogP contribution in [0.1, 0.15) is 40.0 Å². The van der Waals surface area contributed by atoms with Gasteiger partial charge in [0.1, 0.15) is 5.60 Å². The van der Waals surface area contributed by atoms with Crippen LogP contribution in [0.15, 0.2) is 0 Å². The van der Waals surface area contributed by atoms with Crippen LogP contribution in [0.4, 0.5) is 4.79 Å². The second kappa shape index (κ2) is 10.5. The first-order valence-corrected chi connectivity index (χ1v) is 8.64. The van der Waals surface area contributed by atoms with E-state index in [0.29, 0.717) is 32.9 Å². The summed E-state index contributed by atoms with van der Waals surface area (Å²) >= 11 is 0. The molecule has 1 rings (SSSR count). The van der Waals surface area contributed by atoms with Crippen LogP contribution in [-0.4, -0.2) is 57.6 Å². The summed E-state index contributed by atoms with van der Waals surface area (Å²) in [6.07, 6.45) is 2.37. The number of alkyl carbamates (subject to hydrolysis) is 1. The Hall–Kier alpha value is -1.34. The smallest absolute Gasteiger partial charge is 0.407 e. The van der Waals surface area contributed by atoms with Crippen molar-refractivity contribution in [2.45, 2.75) is 45.6 Å². The quantitative estimate of drug-likeness (QED) is 0.622. The number of rotatable bonds is 9. The molecule has 0 bridgehead atoms. The lowest BCUT2D eigenvalue weighted by Gasteiger charge is -2.22. The Morgan fingerprint density at radius 3 is 2.50 bits per heavy atom. The van der Waals surface area contributed by atoms with Crippen molar-refractivity contribution < 1.29 is 23.8 Å². The third-order valence-corrected chi connectivity index (χ3v) is 3.88. The molecule has 7 nitrogen and oxygen atoms in total. The lowest BCUT2D eigenvalue weighted by molar-refractivity contribution is -0.126. The van der Waals surface area contributed by atoms with Crippen molar-refractivity contribution in [3.8, 4) is 0 Å². The van der Waals surface area contributed by atoms with Gasteiger partial charge in [-0.3, -0.25) is 4.79 Å². The van der Waals surface area contributed by atoms with E-state index in [9.17, 15) is 9.59 Å². The molecule has 0 unspecified atom stereocenters. The normalized spacial score (nSPS) is 20.7. The zero-order valence-corrected chi connectivity index (χ0v) is 15.4. The molecule has 0 aromatic heterocycles. The van der Waals surface area contributed by atoms with E-state index in [1.54, 1.807) is 7.11 Å². The van der Waals surface area contributed by atoms with Crippen molar-refractivity contribution in [2.24, 2.45) is 11.8 Å². The van der Waals surface area contributed by atoms with E-state index >= 15 is 0 Å². The maximum Gasteiger partial charge on any atom is 0.407 e. The predicted octanol–water partition coefficient (Wildman–Crippen LogP) is 1.71. The molecule has 1 fully saturated rings. The number of amides is 2. The lowest BCUT2D eigenvalue weighted by Crippen LogP contribution is -2.40. The Morgan fingerprint density at radius 2 is 1.83 bits per heavy atom. The number of carbonyl (C=O) groups excluding carboxylic acids is 2. The Morgan fingerprint density at radius 1 is 1.08 bits per heavy atom. The van der Waals surface area contributed by atoms with E-state index in [-0.39, 0.29) is 17.7 Å². The summed E-state index contributed by atoms with van der Waals surface area (Å²) in [7, 11) is 1.62. The van der Waals surface area contributed by atoms with Crippen LogP contribution in [0.2, 0.25) is 0 Å². The van der Waals surface area contributed by atoms with Crippen molar-refractivity contribution in [1.29, 1.82) is 0 Å². The Kier molecular flexibility index (Phi) is 9.07. The number of hydrogen-bond donors (Lipinski definition) is 2. The van der Waals surface area contributed by atoms with Crippen LogP contribution in [0, 0.1) is 11.8 Å². The SMILES string of the molecule is COCCOCCNC(=O)[C@@H]1CCC[C@@H]1CNC(=O)OC(C)(C)C. The fourth-order valence-corrected chi connectivity index (χ4v) is 2.78. The molecule has 7 heteroatoms. The largest absolute Gasteiger partial charge is 0.444 e. The summed E-state index contributed by atoms with van der Waals surface area (Å²) in [6, 6.07) is 0. The zero-order valence-electron chi connectivity index (χ0n) is 15.4. The van der Waals surface area contributed by atoms with Gasteiger partial charge in [0.25, 0.3) is 0 Å². The molecule has 1 aliphatic carbocycles. The van der Waals surface area contributed by atoms with Crippen LogP contribution >= 0.6 is 0 Å². The molecule has 0 spiro atoms. The molecule has 140 valence electrons. The maximum absolute atomic E-state index is 12.3. The van der Waals surface area contributed by atoms with Gasteiger partial charge in [0.15, 0.2) is 0 Å². The van der Waals surface area contributed by atoms with Crippen LogP contribution in [0.25, 0.3) is 0 Å². The van der Waals surface area contributed by atoms with Gasteiger partial charge < -0.3 is 24.8 Å². The van der Waals surface area contributed by atoms with Gasteiger partial charge in [-0.1, -0.05) is 6.42 Å². The highest BCUT2D eigenvalue weighted by molar-refractivity contribution is 5.79. The number of ether oxygens (including phenoxy) is 3. The van der Waals surface area contributed by atoms with Gasteiger partial charge in [-0.15, -0.1) is 0 Å². The molecule has 2 amide bonds. The van der Waals surface area contributed by atoms with E-state index in [4.69, 9.17) is 14.2 Å². The highest BCUT2D eigenvalue weighted by Crippen LogP contribution is 2.31. The highest BCUT2D eigenvalue weighted by atomic mass is 16.6. The number of nitrogens with one attached hydrogen (secondary N) is 2. The minimum atomic E-state index is -0.515. The summed E-state index contributed by atoms with van der Waals surface area (Å²) in [5.41, 5.74) is -0.515. The van der Waals surface area contributed by atoms with E-state index in [2.05, 4.69) is 10.6 Å². The third kappa shape index (κ3) is 8.49. The molecule has 24 heavy (non-hydrogen) atoms. The first kappa shape index (κ1) is 20.7. The maximum atomic E-state index is 12.3. The van der Waals surface area contributed by atoms with Crippen LogP contribution < -0.4 is 10.6 Å². The number of methoxy groups -OCH3 is 1. The molecule has 0 aromatic carbocycles. The molecule has 0 heterocycles. The van der Waals surface area contributed by atoms with Gasteiger partial charge in [-0.2, -0.15) is 0 Å². The third-order valence-electron chi connectivity index (χ3n) is 3.88.